The summed E-state index contributed by atoms with van der Waals surface area (Å²) in [5, 5.41) is 0. The summed E-state index contributed by atoms with van der Waals surface area (Å²) in [6.45, 7) is 7.71. The van der Waals surface area contributed by atoms with Crippen LogP contribution < -0.4 is 5.73 Å². The van der Waals surface area contributed by atoms with Gasteiger partial charge in [0.25, 0.3) is 5.91 Å². The number of carbonyl (C=O) groups is 1. The molecule has 1 fully saturated rings. The second kappa shape index (κ2) is 7.09. The van der Waals surface area contributed by atoms with Gasteiger partial charge in [0.05, 0.1) is 0 Å². The third kappa shape index (κ3) is 3.74. The van der Waals surface area contributed by atoms with E-state index in [0.717, 1.165) is 42.6 Å². The molecule has 1 aromatic carbocycles. The highest BCUT2D eigenvalue weighted by molar-refractivity contribution is 5.95. The van der Waals surface area contributed by atoms with Gasteiger partial charge in [-0.3, -0.25) is 4.79 Å². The number of hydrogen-bond donors (Lipinski definition) is 1. The van der Waals surface area contributed by atoms with Gasteiger partial charge in [0.15, 0.2) is 0 Å². The minimum Gasteiger partial charge on any atom is -0.338 e. The fourth-order valence-electron chi connectivity index (χ4n) is 2.76. The summed E-state index contributed by atoms with van der Waals surface area (Å²) < 4.78 is 0. The molecule has 0 saturated carbocycles. The molecule has 112 valence electrons. The first kappa shape index (κ1) is 17.0. The van der Waals surface area contributed by atoms with Gasteiger partial charge < -0.3 is 10.6 Å². The molecule has 3 nitrogen and oxygen atoms in total. The monoisotopic (exact) mass is 296 g/mol. The molecule has 0 radical (unpaired) electrons. The van der Waals surface area contributed by atoms with Gasteiger partial charge in [-0.15, -0.1) is 12.4 Å². The molecule has 2 unspecified atom stereocenters. The lowest BCUT2D eigenvalue weighted by Gasteiger charge is -2.35. The molecule has 2 atom stereocenters. The zero-order chi connectivity index (χ0) is 14.0. The summed E-state index contributed by atoms with van der Waals surface area (Å²) >= 11 is 0. The van der Waals surface area contributed by atoms with Crippen LogP contribution in [0.3, 0.4) is 0 Å². The summed E-state index contributed by atoms with van der Waals surface area (Å²) in [7, 11) is 0. The Kier molecular flexibility index (Phi) is 6.03. The highest BCUT2D eigenvalue weighted by Gasteiger charge is 2.27. The number of aryl methyl sites for hydroxylation is 2. The summed E-state index contributed by atoms with van der Waals surface area (Å²) in [5.74, 6) is 0.592. The molecular formula is C16H25ClN2O. The number of nitrogens with zero attached hydrogens (tertiary/aromatic N) is 1. The Morgan fingerprint density at radius 2 is 2.10 bits per heavy atom. The molecule has 0 aromatic heterocycles. The van der Waals surface area contributed by atoms with Crippen molar-refractivity contribution in [2.75, 3.05) is 13.1 Å². The van der Waals surface area contributed by atoms with Crippen LogP contribution in [0.5, 0.6) is 0 Å². The number of hydrogen-bond acceptors (Lipinski definition) is 2. The summed E-state index contributed by atoms with van der Waals surface area (Å²) in [5.41, 5.74) is 9.01. The molecule has 1 heterocycles. The van der Waals surface area contributed by atoms with E-state index < -0.39 is 0 Å². The van der Waals surface area contributed by atoms with Crippen LogP contribution in [-0.2, 0) is 0 Å². The molecule has 4 heteroatoms. The maximum absolute atomic E-state index is 12.6. The number of amides is 1. The second-order valence-corrected chi connectivity index (χ2v) is 5.83. The molecule has 1 aromatic rings. The van der Waals surface area contributed by atoms with E-state index in [4.69, 9.17) is 5.73 Å². The smallest absolute Gasteiger partial charge is 0.254 e. The Hall–Kier alpha value is -1.06. The van der Waals surface area contributed by atoms with Crippen molar-refractivity contribution in [3.8, 4) is 0 Å². The predicted molar refractivity (Wildman–Crippen MR) is 85.4 cm³/mol. The summed E-state index contributed by atoms with van der Waals surface area (Å²) in [6, 6.07) is 6.23. The van der Waals surface area contributed by atoms with Gasteiger partial charge in [0.1, 0.15) is 0 Å². The zero-order valence-corrected chi connectivity index (χ0v) is 13.4. The molecule has 1 aliphatic rings. The van der Waals surface area contributed by atoms with Crippen molar-refractivity contribution in [1.82, 2.24) is 4.90 Å². The normalized spacial score (nSPS) is 20.2. The molecule has 0 aliphatic carbocycles. The van der Waals surface area contributed by atoms with E-state index in [0.29, 0.717) is 5.92 Å². The molecule has 1 aliphatic heterocycles. The van der Waals surface area contributed by atoms with Gasteiger partial charge >= 0.3 is 0 Å². The van der Waals surface area contributed by atoms with Gasteiger partial charge in [-0.1, -0.05) is 17.7 Å². The van der Waals surface area contributed by atoms with Crippen molar-refractivity contribution in [3.63, 3.8) is 0 Å². The van der Waals surface area contributed by atoms with E-state index in [-0.39, 0.29) is 24.4 Å². The van der Waals surface area contributed by atoms with Crippen molar-refractivity contribution in [3.05, 3.63) is 34.9 Å². The van der Waals surface area contributed by atoms with Crippen molar-refractivity contribution < 1.29 is 4.79 Å². The lowest BCUT2D eigenvalue weighted by molar-refractivity contribution is 0.0660. The van der Waals surface area contributed by atoms with Crippen LogP contribution in [0.25, 0.3) is 0 Å². The van der Waals surface area contributed by atoms with Crippen molar-refractivity contribution in [2.24, 2.45) is 11.7 Å². The van der Waals surface area contributed by atoms with Gasteiger partial charge in [0, 0.05) is 24.7 Å². The minimum atomic E-state index is 0. The first-order valence-electron chi connectivity index (χ1n) is 7.11. The average Bonchev–Trinajstić information content (AvgIpc) is 2.41. The number of halogens is 1. The highest BCUT2D eigenvalue weighted by atomic mass is 35.5. The number of carbonyl (C=O) groups excluding carboxylic acids is 1. The molecule has 2 rings (SSSR count). The number of rotatable bonds is 2. The first-order valence-corrected chi connectivity index (χ1v) is 7.11. The van der Waals surface area contributed by atoms with E-state index in [2.05, 4.69) is 0 Å². The highest BCUT2D eigenvalue weighted by Crippen LogP contribution is 2.22. The quantitative estimate of drug-likeness (QED) is 0.912. The molecular weight excluding hydrogens is 272 g/mol. The van der Waals surface area contributed by atoms with E-state index in [1.54, 1.807) is 0 Å². The number of nitrogens with two attached hydrogens (primary N) is 1. The number of benzene rings is 1. The van der Waals surface area contributed by atoms with Crippen LogP contribution in [0, 0.1) is 19.8 Å². The Bertz CT molecular complexity index is 474. The zero-order valence-electron chi connectivity index (χ0n) is 12.6. The van der Waals surface area contributed by atoms with E-state index in [9.17, 15) is 4.79 Å². The van der Waals surface area contributed by atoms with Crippen LogP contribution in [-0.4, -0.2) is 29.9 Å². The third-order valence-electron chi connectivity index (χ3n) is 4.11. The van der Waals surface area contributed by atoms with Crippen LogP contribution in [0.1, 0.15) is 41.3 Å². The molecule has 0 spiro atoms. The molecule has 1 saturated heterocycles. The topological polar surface area (TPSA) is 46.3 Å². The van der Waals surface area contributed by atoms with Crippen molar-refractivity contribution in [1.29, 1.82) is 0 Å². The van der Waals surface area contributed by atoms with E-state index >= 15 is 0 Å². The SMILES string of the molecule is Cc1ccc(C)c(C(=O)N2CCCC(C(C)N)C2)c1.Cl. The van der Waals surface area contributed by atoms with E-state index in [1.807, 2.05) is 43.9 Å². The van der Waals surface area contributed by atoms with Crippen molar-refractivity contribution >= 4 is 18.3 Å². The standard InChI is InChI=1S/C16H24N2O.ClH/c1-11-6-7-12(2)15(9-11)16(19)18-8-4-5-14(10-18)13(3)17;/h6-7,9,13-14H,4-5,8,10,17H2,1-3H3;1H. The fraction of sp³-hybridized carbons (Fsp3) is 0.562. The summed E-state index contributed by atoms with van der Waals surface area (Å²) in [6.07, 6.45) is 2.19. The molecule has 0 bridgehead atoms. The maximum atomic E-state index is 12.6. The average molecular weight is 297 g/mol. The molecule has 1 amide bonds. The van der Waals surface area contributed by atoms with Crippen LogP contribution in [0.2, 0.25) is 0 Å². The Morgan fingerprint density at radius 1 is 1.40 bits per heavy atom. The lowest BCUT2D eigenvalue weighted by atomic mass is 9.91. The molecule has 20 heavy (non-hydrogen) atoms. The number of piperidine rings is 1. The van der Waals surface area contributed by atoms with Crippen molar-refractivity contribution in [2.45, 2.75) is 39.7 Å². The lowest BCUT2D eigenvalue weighted by Crippen LogP contribution is -2.45. The van der Waals surface area contributed by atoms with Gasteiger partial charge in [-0.25, -0.2) is 0 Å². The van der Waals surface area contributed by atoms with Crippen LogP contribution in [0.4, 0.5) is 0 Å². The third-order valence-corrected chi connectivity index (χ3v) is 4.11. The minimum absolute atomic E-state index is 0. The fourth-order valence-corrected chi connectivity index (χ4v) is 2.76. The largest absolute Gasteiger partial charge is 0.338 e. The van der Waals surface area contributed by atoms with Crippen LogP contribution >= 0.6 is 12.4 Å². The number of likely N-dealkylation sites (tertiary alicyclic amines) is 1. The predicted octanol–water partition coefficient (Wildman–Crippen LogP) is 2.92. The van der Waals surface area contributed by atoms with E-state index in [1.165, 1.54) is 0 Å². The van der Waals surface area contributed by atoms with Gasteiger partial charge in [-0.2, -0.15) is 0 Å². The second-order valence-electron chi connectivity index (χ2n) is 5.83. The Labute approximate surface area is 127 Å². The van der Waals surface area contributed by atoms with Crippen LogP contribution in [0.15, 0.2) is 18.2 Å². The Morgan fingerprint density at radius 3 is 2.75 bits per heavy atom. The maximum Gasteiger partial charge on any atom is 0.254 e. The molecule has 2 N–H and O–H groups in total. The van der Waals surface area contributed by atoms with Gasteiger partial charge in [-0.05, 0) is 51.2 Å². The first-order chi connectivity index (χ1) is 8.99. The Balaban J connectivity index is 0.00000200. The summed E-state index contributed by atoms with van der Waals surface area (Å²) in [4.78, 5) is 14.6. The van der Waals surface area contributed by atoms with Gasteiger partial charge in [0.2, 0.25) is 0 Å².